The molecule has 8 heteroatoms. The Labute approximate surface area is 152 Å². The van der Waals surface area contributed by atoms with Crippen molar-refractivity contribution in [2.45, 2.75) is 33.7 Å². The second-order valence-corrected chi connectivity index (χ2v) is 5.89. The van der Waals surface area contributed by atoms with Gasteiger partial charge in [0.25, 0.3) is 11.8 Å². The molecule has 142 valence electrons. The molecule has 1 aromatic carbocycles. The van der Waals surface area contributed by atoms with Crippen LogP contribution in [0, 0.1) is 12.8 Å². The molecule has 0 bridgehead atoms. The van der Waals surface area contributed by atoms with Gasteiger partial charge in [-0.25, -0.2) is 9.59 Å². The van der Waals surface area contributed by atoms with E-state index in [1.807, 2.05) is 11.4 Å². The third-order valence-corrected chi connectivity index (χ3v) is 3.46. The molecule has 26 heavy (non-hydrogen) atoms. The topological polar surface area (TPSA) is 111 Å². The molecule has 0 aliphatic carbocycles. The van der Waals surface area contributed by atoms with E-state index >= 15 is 0 Å². The maximum atomic E-state index is 12.4. The Balaban J connectivity index is 2.65. The lowest BCUT2D eigenvalue weighted by Gasteiger charge is -2.21. The number of carbonyl (C=O) groups excluding carboxylic acids is 4. The van der Waals surface area contributed by atoms with Gasteiger partial charge in [0.15, 0.2) is 6.61 Å². The highest BCUT2D eigenvalue weighted by molar-refractivity contribution is 5.98. The Morgan fingerprint density at radius 2 is 1.73 bits per heavy atom. The van der Waals surface area contributed by atoms with Crippen molar-refractivity contribution in [3.8, 4) is 0 Å². The first-order chi connectivity index (χ1) is 12.3. The number of ether oxygens (including phenoxy) is 2. The summed E-state index contributed by atoms with van der Waals surface area (Å²) in [6, 6.07) is 6.04. The summed E-state index contributed by atoms with van der Waals surface area (Å²) in [5, 5.41) is 4.54. The second-order valence-electron chi connectivity index (χ2n) is 5.89. The molecule has 8 nitrogen and oxygen atoms in total. The molecule has 0 aromatic heterocycles. The Morgan fingerprint density at radius 1 is 1.08 bits per heavy atom. The normalized spacial score (nSPS) is 11.4. The van der Waals surface area contributed by atoms with Gasteiger partial charge in [-0.3, -0.25) is 14.9 Å². The zero-order valence-corrected chi connectivity index (χ0v) is 15.3. The number of esters is 1. The molecule has 0 saturated heterocycles. The van der Waals surface area contributed by atoms with E-state index in [2.05, 4.69) is 10.1 Å². The van der Waals surface area contributed by atoms with Crippen LogP contribution in [0.25, 0.3) is 0 Å². The summed E-state index contributed by atoms with van der Waals surface area (Å²) in [4.78, 5) is 47.3. The van der Waals surface area contributed by atoms with E-state index in [0.717, 1.165) is 5.56 Å². The molecular formula is C18H24N2O6. The van der Waals surface area contributed by atoms with Crippen LogP contribution >= 0.6 is 0 Å². The van der Waals surface area contributed by atoms with Gasteiger partial charge in [-0.2, -0.15) is 0 Å². The van der Waals surface area contributed by atoms with E-state index in [1.165, 1.54) is 0 Å². The zero-order valence-electron chi connectivity index (χ0n) is 15.3. The van der Waals surface area contributed by atoms with E-state index in [-0.39, 0.29) is 12.5 Å². The SMILES string of the molecule is CCOC(=O)NC(=O)COC(=O)[C@@H](NC(=O)c1ccccc1C)C(C)C. The fraction of sp³-hybridized carbons (Fsp3) is 0.444. The van der Waals surface area contributed by atoms with E-state index in [0.29, 0.717) is 5.56 Å². The zero-order chi connectivity index (χ0) is 19.7. The van der Waals surface area contributed by atoms with Crippen molar-refractivity contribution >= 4 is 23.9 Å². The highest BCUT2D eigenvalue weighted by Gasteiger charge is 2.27. The van der Waals surface area contributed by atoms with E-state index in [1.54, 1.807) is 45.9 Å². The van der Waals surface area contributed by atoms with Crippen LogP contribution in [0.4, 0.5) is 4.79 Å². The highest BCUT2D eigenvalue weighted by atomic mass is 16.6. The number of hydrogen-bond acceptors (Lipinski definition) is 6. The third kappa shape index (κ3) is 6.54. The Morgan fingerprint density at radius 3 is 2.31 bits per heavy atom. The first kappa shape index (κ1) is 21.1. The maximum Gasteiger partial charge on any atom is 0.413 e. The molecule has 1 aromatic rings. The van der Waals surface area contributed by atoms with Crippen LogP contribution in [-0.2, 0) is 19.1 Å². The minimum atomic E-state index is -0.933. The van der Waals surface area contributed by atoms with Gasteiger partial charge >= 0.3 is 12.1 Å². The Bertz CT molecular complexity index is 671. The Hall–Kier alpha value is -2.90. The number of carbonyl (C=O) groups is 4. The monoisotopic (exact) mass is 364 g/mol. The van der Waals surface area contributed by atoms with Crippen molar-refractivity contribution in [3.63, 3.8) is 0 Å². The number of rotatable bonds is 7. The summed E-state index contributed by atoms with van der Waals surface area (Å²) in [6.45, 7) is 6.32. The average molecular weight is 364 g/mol. The largest absolute Gasteiger partial charge is 0.454 e. The molecular weight excluding hydrogens is 340 g/mol. The lowest BCUT2D eigenvalue weighted by atomic mass is 10.0. The smallest absolute Gasteiger partial charge is 0.413 e. The number of aryl methyl sites for hydroxylation is 1. The standard InChI is InChI=1S/C18H24N2O6/c1-5-25-18(24)19-14(21)10-26-17(23)15(11(2)3)20-16(22)13-9-7-6-8-12(13)4/h6-9,11,15H,5,10H2,1-4H3,(H,20,22)(H,19,21,24)/t15-/m0/s1. The van der Waals surface area contributed by atoms with Crippen molar-refractivity contribution in [1.29, 1.82) is 0 Å². The molecule has 0 saturated carbocycles. The van der Waals surface area contributed by atoms with Gasteiger partial charge in [0.2, 0.25) is 0 Å². The van der Waals surface area contributed by atoms with Gasteiger partial charge in [-0.15, -0.1) is 0 Å². The summed E-state index contributed by atoms with van der Waals surface area (Å²) in [7, 11) is 0. The quantitative estimate of drug-likeness (QED) is 0.711. The van der Waals surface area contributed by atoms with Crippen molar-refractivity contribution in [2.24, 2.45) is 5.92 Å². The van der Waals surface area contributed by atoms with Gasteiger partial charge in [-0.1, -0.05) is 32.0 Å². The Kier molecular flexibility index (Phi) is 8.27. The molecule has 0 unspecified atom stereocenters. The number of alkyl carbamates (subject to hydrolysis) is 1. The van der Waals surface area contributed by atoms with Crippen LogP contribution in [0.2, 0.25) is 0 Å². The lowest BCUT2D eigenvalue weighted by Crippen LogP contribution is -2.46. The van der Waals surface area contributed by atoms with E-state index in [4.69, 9.17) is 4.74 Å². The fourth-order valence-electron chi connectivity index (χ4n) is 2.09. The molecule has 2 N–H and O–H groups in total. The number of nitrogens with one attached hydrogen (secondary N) is 2. The van der Waals surface area contributed by atoms with Crippen LogP contribution in [0.3, 0.4) is 0 Å². The summed E-state index contributed by atoms with van der Waals surface area (Å²) >= 11 is 0. The first-order valence-corrected chi connectivity index (χ1v) is 8.26. The van der Waals surface area contributed by atoms with Crippen LogP contribution in [0.5, 0.6) is 0 Å². The van der Waals surface area contributed by atoms with Gasteiger partial charge in [0.1, 0.15) is 6.04 Å². The second kappa shape index (κ2) is 10.2. The molecule has 0 spiro atoms. The van der Waals surface area contributed by atoms with Gasteiger partial charge < -0.3 is 14.8 Å². The van der Waals surface area contributed by atoms with Gasteiger partial charge in [-0.05, 0) is 31.4 Å². The number of hydrogen-bond donors (Lipinski definition) is 2. The molecule has 0 radical (unpaired) electrons. The summed E-state index contributed by atoms with van der Waals surface area (Å²) in [6.07, 6.45) is -0.915. The predicted octanol–water partition coefficient (Wildman–Crippen LogP) is 1.57. The number of amides is 3. The van der Waals surface area contributed by atoms with Gasteiger partial charge in [0, 0.05) is 5.56 Å². The van der Waals surface area contributed by atoms with Crippen molar-refractivity contribution in [3.05, 3.63) is 35.4 Å². The third-order valence-electron chi connectivity index (χ3n) is 3.46. The molecule has 1 atom stereocenters. The van der Waals surface area contributed by atoms with Crippen molar-refractivity contribution in [2.75, 3.05) is 13.2 Å². The average Bonchev–Trinajstić information content (AvgIpc) is 2.57. The lowest BCUT2D eigenvalue weighted by molar-refractivity contribution is -0.151. The van der Waals surface area contributed by atoms with E-state index < -0.39 is 36.5 Å². The molecule has 0 fully saturated rings. The number of benzene rings is 1. The molecule has 1 rings (SSSR count). The van der Waals surface area contributed by atoms with Crippen LogP contribution in [-0.4, -0.2) is 43.1 Å². The van der Waals surface area contributed by atoms with Crippen molar-refractivity contribution < 1.29 is 28.7 Å². The summed E-state index contributed by atoms with van der Waals surface area (Å²) in [5.74, 6) is -2.25. The minimum Gasteiger partial charge on any atom is -0.454 e. The van der Waals surface area contributed by atoms with E-state index in [9.17, 15) is 19.2 Å². The fourth-order valence-corrected chi connectivity index (χ4v) is 2.09. The molecule has 0 aliphatic heterocycles. The van der Waals surface area contributed by atoms with Crippen LogP contribution in [0.1, 0.15) is 36.7 Å². The summed E-state index contributed by atoms with van der Waals surface area (Å²) in [5.41, 5.74) is 1.22. The highest BCUT2D eigenvalue weighted by Crippen LogP contribution is 2.10. The molecule has 0 heterocycles. The molecule has 3 amide bonds. The van der Waals surface area contributed by atoms with Crippen LogP contribution in [0.15, 0.2) is 24.3 Å². The molecule has 0 aliphatic rings. The minimum absolute atomic E-state index is 0.110. The van der Waals surface area contributed by atoms with Crippen LogP contribution < -0.4 is 10.6 Å². The van der Waals surface area contributed by atoms with Crippen molar-refractivity contribution in [1.82, 2.24) is 10.6 Å². The number of imide groups is 1. The summed E-state index contributed by atoms with van der Waals surface area (Å²) < 4.78 is 9.45. The first-order valence-electron chi connectivity index (χ1n) is 8.26. The van der Waals surface area contributed by atoms with Gasteiger partial charge in [0.05, 0.1) is 6.61 Å². The maximum absolute atomic E-state index is 12.4. The predicted molar refractivity (Wildman–Crippen MR) is 93.4 cm³/mol.